The molecule has 0 aliphatic carbocycles. The Morgan fingerprint density at radius 1 is 1.23 bits per heavy atom. The van der Waals surface area contributed by atoms with Gasteiger partial charge in [-0.25, -0.2) is 0 Å². The molecular weight excluding hydrogens is 280 g/mol. The number of piperidine rings is 1. The van der Waals surface area contributed by atoms with Gasteiger partial charge in [0.25, 0.3) is 0 Å². The molecular formula is C17H22N2O3. The Hall–Kier alpha value is -2.04. The van der Waals surface area contributed by atoms with E-state index in [9.17, 15) is 9.59 Å². The molecule has 1 aromatic carbocycles. The van der Waals surface area contributed by atoms with Gasteiger partial charge in [-0.3, -0.25) is 9.59 Å². The number of nitrogens with one attached hydrogen (secondary N) is 1. The van der Waals surface area contributed by atoms with Crippen LogP contribution < -0.4 is 10.1 Å². The number of ether oxygens (including phenoxy) is 1. The van der Waals surface area contributed by atoms with Crippen LogP contribution in [0.15, 0.2) is 24.3 Å². The summed E-state index contributed by atoms with van der Waals surface area (Å²) in [7, 11) is 1.63. The average molecular weight is 302 g/mol. The van der Waals surface area contributed by atoms with Crippen molar-refractivity contribution in [3.63, 3.8) is 0 Å². The molecule has 118 valence electrons. The molecule has 5 heteroatoms. The minimum atomic E-state index is -0.211. The van der Waals surface area contributed by atoms with Gasteiger partial charge in [0.1, 0.15) is 5.75 Å². The van der Waals surface area contributed by atoms with Crippen molar-refractivity contribution in [2.24, 2.45) is 5.41 Å². The standard InChI is InChI=1S/C17H22N2O3/c1-22-14-4-2-13(3-5-14)12-15(20)19-10-7-17(8-11-19)6-9-18-16(17)21/h2-5H,6-12H2,1H3,(H,18,21). The molecule has 1 aromatic rings. The van der Waals surface area contributed by atoms with Crippen LogP contribution in [0.1, 0.15) is 24.8 Å². The number of benzene rings is 1. The van der Waals surface area contributed by atoms with Gasteiger partial charge in [0, 0.05) is 19.6 Å². The zero-order valence-electron chi connectivity index (χ0n) is 12.9. The molecule has 0 unspecified atom stereocenters. The van der Waals surface area contributed by atoms with E-state index < -0.39 is 0 Å². The molecule has 1 N–H and O–H groups in total. The summed E-state index contributed by atoms with van der Waals surface area (Å²) >= 11 is 0. The highest BCUT2D eigenvalue weighted by atomic mass is 16.5. The quantitative estimate of drug-likeness (QED) is 0.917. The predicted octanol–water partition coefficient (Wildman–Crippen LogP) is 1.37. The number of nitrogens with zero attached hydrogens (tertiary/aromatic N) is 1. The zero-order valence-corrected chi connectivity index (χ0v) is 12.9. The van der Waals surface area contributed by atoms with Crippen LogP contribution in [0.25, 0.3) is 0 Å². The summed E-state index contributed by atoms with van der Waals surface area (Å²) in [5.74, 6) is 1.11. The van der Waals surface area contributed by atoms with Gasteiger partial charge in [0.05, 0.1) is 18.9 Å². The fraction of sp³-hybridized carbons (Fsp3) is 0.529. The molecule has 0 radical (unpaired) electrons. The number of hydrogen-bond donors (Lipinski definition) is 1. The Kier molecular flexibility index (Phi) is 4.05. The van der Waals surface area contributed by atoms with Crippen molar-refractivity contribution in [3.8, 4) is 5.75 Å². The first-order valence-corrected chi connectivity index (χ1v) is 7.82. The van der Waals surface area contributed by atoms with Crippen LogP contribution in [0.5, 0.6) is 5.75 Å². The summed E-state index contributed by atoms with van der Waals surface area (Å²) in [6, 6.07) is 7.59. The smallest absolute Gasteiger partial charge is 0.226 e. The molecule has 0 aromatic heterocycles. The first kappa shape index (κ1) is 14.9. The van der Waals surface area contributed by atoms with Crippen LogP contribution >= 0.6 is 0 Å². The number of likely N-dealkylation sites (tertiary alicyclic amines) is 1. The highest BCUT2D eigenvalue weighted by Gasteiger charge is 2.44. The van der Waals surface area contributed by atoms with Crippen LogP contribution in [0.2, 0.25) is 0 Å². The van der Waals surface area contributed by atoms with E-state index in [0.717, 1.165) is 37.1 Å². The van der Waals surface area contributed by atoms with E-state index in [4.69, 9.17) is 4.74 Å². The maximum Gasteiger partial charge on any atom is 0.226 e. The van der Waals surface area contributed by atoms with E-state index in [1.165, 1.54) is 0 Å². The van der Waals surface area contributed by atoms with E-state index in [2.05, 4.69) is 5.32 Å². The van der Waals surface area contributed by atoms with Gasteiger partial charge >= 0.3 is 0 Å². The van der Waals surface area contributed by atoms with Gasteiger partial charge in [0.15, 0.2) is 0 Å². The van der Waals surface area contributed by atoms with Crippen molar-refractivity contribution in [1.82, 2.24) is 10.2 Å². The highest BCUT2D eigenvalue weighted by Crippen LogP contribution is 2.38. The van der Waals surface area contributed by atoms with Crippen molar-refractivity contribution in [2.45, 2.75) is 25.7 Å². The second-order valence-electron chi connectivity index (χ2n) is 6.19. The molecule has 1 spiro atoms. The summed E-state index contributed by atoms with van der Waals surface area (Å²) in [5, 5.41) is 2.92. The van der Waals surface area contributed by atoms with Crippen molar-refractivity contribution in [1.29, 1.82) is 0 Å². The maximum atomic E-state index is 12.4. The van der Waals surface area contributed by atoms with Crippen LogP contribution in [0, 0.1) is 5.41 Å². The van der Waals surface area contributed by atoms with Gasteiger partial charge in [0.2, 0.25) is 11.8 Å². The lowest BCUT2D eigenvalue weighted by Crippen LogP contribution is -2.46. The summed E-state index contributed by atoms with van der Waals surface area (Å²) in [6.07, 6.45) is 2.88. The van der Waals surface area contributed by atoms with Gasteiger partial charge in [-0.1, -0.05) is 12.1 Å². The number of carbonyl (C=O) groups excluding carboxylic acids is 2. The van der Waals surface area contributed by atoms with Crippen molar-refractivity contribution >= 4 is 11.8 Å². The van der Waals surface area contributed by atoms with E-state index in [0.29, 0.717) is 19.5 Å². The lowest BCUT2D eigenvalue weighted by Gasteiger charge is -2.37. The highest BCUT2D eigenvalue weighted by molar-refractivity contribution is 5.85. The lowest BCUT2D eigenvalue weighted by molar-refractivity contribution is -0.137. The van der Waals surface area contributed by atoms with E-state index in [1.807, 2.05) is 29.2 Å². The molecule has 0 saturated carbocycles. The number of amides is 2. The zero-order chi connectivity index (χ0) is 15.6. The third-order valence-electron chi connectivity index (χ3n) is 4.96. The van der Waals surface area contributed by atoms with Crippen molar-refractivity contribution < 1.29 is 14.3 Å². The topological polar surface area (TPSA) is 58.6 Å². The Balaban J connectivity index is 1.56. The van der Waals surface area contributed by atoms with Gasteiger partial charge < -0.3 is 15.0 Å². The summed E-state index contributed by atoms with van der Waals surface area (Å²) in [4.78, 5) is 26.2. The molecule has 2 amide bonds. The molecule has 22 heavy (non-hydrogen) atoms. The van der Waals surface area contributed by atoms with Crippen molar-refractivity contribution in [2.75, 3.05) is 26.7 Å². The van der Waals surface area contributed by atoms with E-state index in [-0.39, 0.29) is 17.2 Å². The molecule has 2 fully saturated rings. The predicted molar refractivity (Wildman–Crippen MR) is 82.6 cm³/mol. The van der Waals surface area contributed by atoms with Crippen LogP contribution in [0.4, 0.5) is 0 Å². The SMILES string of the molecule is COc1ccc(CC(=O)N2CCC3(CCNC3=O)CC2)cc1. The number of carbonyl (C=O) groups is 2. The molecule has 2 aliphatic rings. The second kappa shape index (κ2) is 5.99. The number of methoxy groups -OCH3 is 1. The first-order valence-electron chi connectivity index (χ1n) is 7.82. The minimum absolute atomic E-state index is 0.137. The third-order valence-corrected chi connectivity index (χ3v) is 4.96. The second-order valence-corrected chi connectivity index (χ2v) is 6.19. The summed E-state index contributed by atoms with van der Waals surface area (Å²) < 4.78 is 5.12. The Morgan fingerprint density at radius 3 is 2.45 bits per heavy atom. The summed E-state index contributed by atoms with van der Waals surface area (Å²) in [6.45, 7) is 2.14. The van der Waals surface area contributed by atoms with E-state index >= 15 is 0 Å². The minimum Gasteiger partial charge on any atom is -0.497 e. The lowest BCUT2D eigenvalue weighted by atomic mass is 9.77. The summed E-state index contributed by atoms with van der Waals surface area (Å²) in [5.41, 5.74) is 0.779. The third kappa shape index (κ3) is 2.80. The molecule has 0 atom stereocenters. The maximum absolute atomic E-state index is 12.4. The van der Waals surface area contributed by atoms with Gasteiger partial charge in [-0.15, -0.1) is 0 Å². The molecule has 5 nitrogen and oxygen atoms in total. The molecule has 0 bridgehead atoms. The normalized spacial score (nSPS) is 20.0. The molecule has 2 saturated heterocycles. The van der Waals surface area contributed by atoms with Crippen LogP contribution in [-0.4, -0.2) is 43.5 Å². The molecule has 2 aliphatic heterocycles. The van der Waals surface area contributed by atoms with Gasteiger partial charge in [-0.2, -0.15) is 0 Å². The van der Waals surface area contributed by atoms with Crippen LogP contribution in [-0.2, 0) is 16.0 Å². The Labute approximate surface area is 130 Å². The number of hydrogen-bond acceptors (Lipinski definition) is 3. The Morgan fingerprint density at radius 2 is 1.91 bits per heavy atom. The van der Waals surface area contributed by atoms with Gasteiger partial charge in [-0.05, 0) is 37.0 Å². The van der Waals surface area contributed by atoms with E-state index in [1.54, 1.807) is 7.11 Å². The Bertz CT molecular complexity index is 560. The monoisotopic (exact) mass is 302 g/mol. The fourth-order valence-corrected chi connectivity index (χ4v) is 3.41. The van der Waals surface area contributed by atoms with Crippen molar-refractivity contribution in [3.05, 3.63) is 29.8 Å². The largest absolute Gasteiger partial charge is 0.497 e. The van der Waals surface area contributed by atoms with Crippen LogP contribution in [0.3, 0.4) is 0 Å². The fourth-order valence-electron chi connectivity index (χ4n) is 3.41. The average Bonchev–Trinajstić information content (AvgIpc) is 2.89. The number of rotatable bonds is 3. The molecule has 3 rings (SSSR count). The molecule has 2 heterocycles. The first-order chi connectivity index (χ1) is 10.6.